The van der Waals surface area contributed by atoms with Gasteiger partial charge < -0.3 is 23.7 Å². The Hall–Kier alpha value is -2.65. The van der Waals surface area contributed by atoms with Crippen LogP contribution in [0.3, 0.4) is 0 Å². The van der Waals surface area contributed by atoms with Crippen LogP contribution >= 0.6 is 0 Å². The molecule has 0 unspecified atom stereocenters. The van der Waals surface area contributed by atoms with E-state index in [1.807, 2.05) is 0 Å². The number of esters is 5. The zero-order valence-electron chi connectivity index (χ0n) is 40.3. The maximum atomic E-state index is 13.6. The summed E-state index contributed by atoms with van der Waals surface area (Å²) in [5, 5.41) is 0. The maximum absolute atomic E-state index is 13.6. The molecule has 0 saturated heterocycles. The van der Waals surface area contributed by atoms with Crippen molar-refractivity contribution in [2.75, 3.05) is 19.8 Å². The highest BCUT2D eigenvalue weighted by atomic mass is 16.7. The number of hydrogen-bond donors (Lipinski definition) is 0. The minimum absolute atomic E-state index is 0.0833. The van der Waals surface area contributed by atoms with Gasteiger partial charge in [0.2, 0.25) is 0 Å². The molecule has 0 atom stereocenters. The largest absolute Gasteiger partial charge is 0.464 e. The topological polar surface area (TPSA) is 132 Å². The molecule has 0 fully saturated rings. The highest BCUT2D eigenvalue weighted by Gasteiger charge is 2.49. The average Bonchev–Trinajstić information content (AvgIpc) is 3.16. The molecular weight excluding hydrogens is 761 g/mol. The van der Waals surface area contributed by atoms with Crippen molar-refractivity contribution in [1.29, 1.82) is 0 Å². The number of unbranched alkanes of at least 4 members (excludes halogenated alkanes) is 10. The Kier molecular flexibility index (Phi) is 34.3. The second-order valence-corrected chi connectivity index (χ2v) is 19.6. The van der Waals surface area contributed by atoms with Crippen LogP contribution in [0.5, 0.6) is 0 Å². The van der Waals surface area contributed by atoms with Gasteiger partial charge in [0.25, 0.3) is 6.29 Å². The standard InChI is InChI=1S/C50H92O10/c1-39(2)26-16-11-21-31-44(51)56-36-50(37-57-45(52)32-22-12-17-27-40(3)4,38-58-46(53)33-23-13-18-28-41(5)6)49(59-47(54)34-24-14-19-29-42(7)8)60-48(55)35-25-15-20-30-43(9)10/h39-43,49H,11-38H2,1-10H3. The fourth-order valence-electron chi connectivity index (χ4n) is 6.84. The van der Waals surface area contributed by atoms with E-state index in [0.29, 0.717) is 61.7 Å². The van der Waals surface area contributed by atoms with Crippen LogP contribution < -0.4 is 0 Å². The van der Waals surface area contributed by atoms with Crippen LogP contribution in [0.4, 0.5) is 0 Å². The van der Waals surface area contributed by atoms with Crippen molar-refractivity contribution in [3.63, 3.8) is 0 Å². The Morgan fingerprint density at radius 3 is 0.750 bits per heavy atom. The van der Waals surface area contributed by atoms with E-state index in [9.17, 15) is 24.0 Å². The molecule has 0 aliphatic carbocycles. The molecule has 0 amide bonds. The van der Waals surface area contributed by atoms with Gasteiger partial charge in [0.15, 0.2) is 0 Å². The molecule has 0 saturated carbocycles. The quantitative estimate of drug-likeness (QED) is 0.0255. The van der Waals surface area contributed by atoms with Gasteiger partial charge in [0.05, 0.1) is 0 Å². The Balaban J connectivity index is 6.60. The summed E-state index contributed by atoms with van der Waals surface area (Å²) in [7, 11) is 0. The van der Waals surface area contributed by atoms with Gasteiger partial charge in [-0.25, -0.2) is 0 Å². The average molecular weight is 853 g/mol. The molecule has 0 aliphatic heterocycles. The van der Waals surface area contributed by atoms with Gasteiger partial charge in [-0.15, -0.1) is 0 Å². The van der Waals surface area contributed by atoms with E-state index in [0.717, 1.165) is 96.3 Å². The lowest BCUT2D eigenvalue weighted by Gasteiger charge is -2.37. The molecule has 0 aromatic heterocycles. The molecule has 0 aromatic carbocycles. The van der Waals surface area contributed by atoms with Crippen molar-refractivity contribution >= 4 is 29.8 Å². The first-order chi connectivity index (χ1) is 28.4. The fourth-order valence-corrected chi connectivity index (χ4v) is 6.84. The highest BCUT2D eigenvalue weighted by Crippen LogP contribution is 2.31. The predicted octanol–water partition coefficient (Wildman–Crippen LogP) is 13.0. The summed E-state index contributed by atoms with van der Waals surface area (Å²) < 4.78 is 29.7. The van der Waals surface area contributed by atoms with Gasteiger partial charge >= 0.3 is 29.8 Å². The summed E-state index contributed by atoms with van der Waals surface area (Å²) in [6, 6.07) is 0. The lowest BCUT2D eigenvalue weighted by Crippen LogP contribution is -2.52. The van der Waals surface area contributed by atoms with Crippen molar-refractivity contribution in [3.05, 3.63) is 0 Å². The molecular formula is C50H92O10. The molecule has 0 radical (unpaired) electrons. The lowest BCUT2D eigenvalue weighted by molar-refractivity contribution is -0.236. The van der Waals surface area contributed by atoms with Crippen molar-refractivity contribution in [2.45, 2.75) is 236 Å². The molecule has 352 valence electrons. The SMILES string of the molecule is CC(C)CCCCCC(=O)OCC(COC(=O)CCCCCC(C)C)(COC(=O)CCCCCC(C)C)C(OC(=O)CCCCCC(C)C)OC(=O)CCCCCC(C)C. The van der Waals surface area contributed by atoms with Crippen LogP contribution in [0.25, 0.3) is 0 Å². The molecule has 0 N–H and O–H groups in total. The minimum Gasteiger partial charge on any atom is -0.464 e. The van der Waals surface area contributed by atoms with E-state index in [4.69, 9.17) is 23.7 Å². The second kappa shape index (κ2) is 35.9. The maximum Gasteiger partial charge on any atom is 0.308 e. The van der Waals surface area contributed by atoms with Gasteiger partial charge in [-0.05, 0) is 61.7 Å². The van der Waals surface area contributed by atoms with Crippen LogP contribution in [0.1, 0.15) is 230 Å². The van der Waals surface area contributed by atoms with Crippen molar-refractivity contribution in [2.24, 2.45) is 35.0 Å². The van der Waals surface area contributed by atoms with Crippen LogP contribution in [-0.4, -0.2) is 56.0 Å². The summed E-state index contributed by atoms with van der Waals surface area (Å²) >= 11 is 0. The summed E-state index contributed by atoms with van der Waals surface area (Å²) in [6.45, 7) is 20.3. The van der Waals surface area contributed by atoms with E-state index >= 15 is 0 Å². The molecule has 0 heterocycles. The molecule has 0 aliphatic rings. The van der Waals surface area contributed by atoms with Gasteiger partial charge in [0, 0.05) is 32.1 Å². The Morgan fingerprint density at radius 1 is 0.317 bits per heavy atom. The van der Waals surface area contributed by atoms with Gasteiger partial charge in [0.1, 0.15) is 25.2 Å². The van der Waals surface area contributed by atoms with Gasteiger partial charge in [-0.3, -0.25) is 24.0 Å². The van der Waals surface area contributed by atoms with E-state index in [2.05, 4.69) is 69.2 Å². The third-order valence-corrected chi connectivity index (χ3v) is 10.9. The van der Waals surface area contributed by atoms with E-state index < -0.39 is 61.4 Å². The molecule has 60 heavy (non-hydrogen) atoms. The summed E-state index contributed by atoms with van der Waals surface area (Å²) in [4.78, 5) is 67.0. The molecule has 10 nitrogen and oxygen atoms in total. The number of carbonyl (C=O) groups is 5. The van der Waals surface area contributed by atoms with E-state index in [-0.39, 0.29) is 32.1 Å². The number of carbonyl (C=O) groups excluding carboxylic acids is 5. The summed E-state index contributed by atoms with van der Waals surface area (Å²) in [6.07, 6.45) is 16.6. The van der Waals surface area contributed by atoms with Crippen molar-refractivity contribution < 1.29 is 47.7 Å². The Morgan fingerprint density at radius 2 is 0.533 bits per heavy atom. The highest BCUT2D eigenvalue weighted by molar-refractivity contribution is 5.72. The van der Waals surface area contributed by atoms with Crippen LogP contribution in [0.15, 0.2) is 0 Å². The summed E-state index contributed by atoms with van der Waals surface area (Å²) in [5.41, 5.74) is -1.70. The van der Waals surface area contributed by atoms with Crippen LogP contribution in [0, 0.1) is 35.0 Å². The first-order valence-corrected chi connectivity index (χ1v) is 24.3. The zero-order valence-corrected chi connectivity index (χ0v) is 40.3. The lowest BCUT2D eigenvalue weighted by atomic mass is 9.89. The second-order valence-electron chi connectivity index (χ2n) is 19.6. The van der Waals surface area contributed by atoms with Crippen LogP contribution in [0.2, 0.25) is 0 Å². The van der Waals surface area contributed by atoms with Gasteiger partial charge in [-0.1, -0.05) is 166 Å². The number of hydrogen-bond acceptors (Lipinski definition) is 10. The minimum atomic E-state index is -1.70. The van der Waals surface area contributed by atoms with Crippen molar-refractivity contribution in [1.82, 2.24) is 0 Å². The van der Waals surface area contributed by atoms with Crippen LogP contribution in [-0.2, 0) is 47.7 Å². The molecule has 0 spiro atoms. The molecule has 10 heteroatoms. The predicted molar refractivity (Wildman–Crippen MR) is 241 cm³/mol. The number of rotatable bonds is 39. The molecule has 0 aromatic rings. The Bertz CT molecular complexity index is 1010. The van der Waals surface area contributed by atoms with E-state index in [1.54, 1.807) is 0 Å². The first-order valence-electron chi connectivity index (χ1n) is 24.3. The normalized spacial score (nSPS) is 11.9. The Labute approximate surface area is 367 Å². The zero-order chi connectivity index (χ0) is 45.2. The molecule has 0 rings (SSSR count). The monoisotopic (exact) mass is 853 g/mol. The van der Waals surface area contributed by atoms with Gasteiger partial charge in [-0.2, -0.15) is 0 Å². The third kappa shape index (κ3) is 34.0. The third-order valence-electron chi connectivity index (χ3n) is 10.9. The van der Waals surface area contributed by atoms with Crippen molar-refractivity contribution in [3.8, 4) is 0 Å². The smallest absolute Gasteiger partial charge is 0.308 e. The first kappa shape index (κ1) is 57.3. The summed E-state index contributed by atoms with van der Waals surface area (Å²) in [5.74, 6) is 0.198. The van der Waals surface area contributed by atoms with E-state index in [1.165, 1.54) is 0 Å². The number of ether oxygens (including phenoxy) is 5. The molecule has 0 bridgehead atoms. The fraction of sp³-hybridized carbons (Fsp3) is 0.900.